The van der Waals surface area contributed by atoms with Crippen molar-refractivity contribution in [1.29, 1.82) is 0 Å². The van der Waals surface area contributed by atoms with Crippen LogP contribution in [0.1, 0.15) is 26.2 Å². The molecule has 12 heavy (non-hydrogen) atoms. The van der Waals surface area contributed by atoms with Crippen molar-refractivity contribution in [3.8, 4) is 0 Å². The van der Waals surface area contributed by atoms with E-state index in [9.17, 15) is 0 Å². The van der Waals surface area contributed by atoms with Crippen molar-refractivity contribution in [1.82, 2.24) is 10.6 Å². The molecule has 72 valence electrons. The van der Waals surface area contributed by atoms with E-state index in [1.807, 2.05) is 7.05 Å². The Morgan fingerprint density at radius 2 is 2.08 bits per heavy atom. The van der Waals surface area contributed by atoms with Crippen LogP contribution in [0.3, 0.4) is 0 Å². The highest BCUT2D eigenvalue weighted by atomic mass is 14.9. The Morgan fingerprint density at radius 3 is 2.67 bits per heavy atom. The summed E-state index contributed by atoms with van der Waals surface area (Å²) in [6, 6.07) is 0. The summed E-state index contributed by atoms with van der Waals surface area (Å²) in [5.41, 5.74) is 0. The van der Waals surface area contributed by atoms with Gasteiger partial charge in [-0.25, -0.2) is 0 Å². The predicted molar refractivity (Wildman–Crippen MR) is 53.3 cm³/mol. The Balaban J connectivity index is 1.98. The Hall–Kier alpha value is -0.0800. The first-order valence-electron chi connectivity index (χ1n) is 5.20. The Morgan fingerprint density at radius 1 is 1.25 bits per heavy atom. The molecule has 2 nitrogen and oxygen atoms in total. The summed E-state index contributed by atoms with van der Waals surface area (Å²) in [5.74, 6) is 1.90. The lowest BCUT2D eigenvalue weighted by Crippen LogP contribution is -2.30. The van der Waals surface area contributed by atoms with Crippen molar-refractivity contribution < 1.29 is 0 Å². The molecule has 0 amide bonds. The van der Waals surface area contributed by atoms with Crippen LogP contribution in [0.2, 0.25) is 0 Å². The van der Waals surface area contributed by atoms with E-state index in [0.29, 0.717) is 0 Å². The van der Waals surface area contributed by atoms with Gasteiger partial charge >= 0.3 is 0 Å². The fourth-order valence-electron chi connectivity index (χ4n) is 2.03. The van der Waals surface area contributed by atoms with Gasteiger partial charge in [0.15, 0.2) is 0 Å². The minimum Gasteiger partial charge on any atom is -0.318 e. The second kappa shape index (κ2) is 5.55. The van der Waals surface area contributed by atoms with Gasteiger partial charge in [-0.05, 0) is 31.8 Å². The van der Waals surface area contributed by atoms with Gasteiger partial charge in [0, 0.05) is 13.1 Å². The van der Waals surface area contributed by atoms with Crippen molar-refractivity contribution in [3.05, 3.63) is 0 Å². The van der Waals surface area contributed by atoms with E-state index in [1.165, 1.54) is 25.8 Å². The van der Waals surface area contributed by atoms with Gasteiger partial charge in [-0.1, -0.05) is 19.8 Å². The maximum atomic E-state index is 3.50. The van der Waals surface area contributed by atoms with Crippen LogP contribution in [0.15, 0.2) is 0 Å². The second-order valence-corrected chi connectivity index (χ2v) is 3.98. The van der Waals surface area contributed by atoms with Gasteiger partial charge in [0.1, 0.15) is 0 Å². The van der Waals surface area contributed by atoms with Gasteiger partial charge in [0.05, 0.1) is 0 Å². The summed E-state index contributed by atoms with van der Waals surface area (Å²) < 4.78 is 0. The van der Waals surface area contributed by atoms with Crippen LogP contribution in [-0.4, -0.2) is 26.7 Å². The standard InChI is InChI=1S/C10H22N2/c1-9-4-3-5-10(9)8-12-7-6-11-2/h9-12H,3-8H2,1-2H3. The first kappa shape index (κ1) is 10.0. The van der Waals surface area contributed by atoms with Crippen LogP contribution in [0.4, 0.5) is 0 Å². The number of hydrogen-bond acceptors (Lipinski definition) is 2. The summed E-state index contributed by atoms with van der Waals surface area (Å²) >= 11 is 0. The summed E-state index contributed by atoms with van der Waals surface area (Å²) in [6.07, 6.45) is 4.33. The molecule has 2 unspecified atom stereocenters. The average Bonchev–Trinajstić information content (AvgIpc) is 2.46. The monoisotopic (exact) mass is 170 g/mol. The van der Waals surface area contributed by atoms with Crippen molar-refractivity contribution in [2.75, 3.05) is 26.7 Å². The van der Waals surface area contributed by atoms with E-state index in [-0.39, 0.29) is 0 Å². The van der Waals surface area contributed by atoms with Crippen LogP contribution in [-0.2, 0) is 0 Å². The third-order valence-electron chi connectivity index (χ3n) is 3.00. The molecule has 2 N–H and O–H groups in total. The molecular formula is C10H22N2. The largest absolute Gasteiger partial charge is 0.318 e. The van der Waals surface area contributed by atoms with Gasteiger partial charge in [-0.15, -0.1) is 0 Å². The van der Waals surface area contributed by atoms with Gasteiger partial charge in [0.2, 0.25) is 0 Å². The molecule has 0 bridgehead atoms. The molecule has 0 saturated heterocycles. The number of rotatable bonds is 5. The number of nitrogens with one attached hydrogen (secondary N) is 2. The Kier molecular flexibility index (Phi) is 4.62. The molecule has 1 rings (SSSR count). The topological polar surface area (TPSA) is 24.1 Å². The molecule has 0 heterocycles. The van der Waals surface area contributed by atoms with E-state index in [2.05, 4.69) is 17.6 Å². The zero-order valence-corrected chi connectivity index (χ0v) is 8.40. The molecule has 0 aromatic carbocycles. The van der Waals surface area contributed by atoms with E-state index in [4.69, 9.17) is 0 Å². The molecular weight excluding hydrogens is 148 g/mol. The summed E-state index contributed by atoms with van der Waals surface area (Å²) in [7, 11) is 2.00. The van der Waals surface area contributed by atoms with E-state index in [0.717, 1.165) is 24.9 Å². The van der Waals surface area contributed by atoms with Crippen LogP contribution in [0, 0.1) is 11.8 Å². The maximum absolute atomic E-state index is 3.50. The third-order valence-corrected chi connectivity index (χ3v) is 3.00. The van der Waals surface area contributed by atoms with Crippen LogP contribution in [0.25, 0.3) is 0 Å². The van der Waals surface area contributed by atoms with Crippen molar-refractivity contribution in [3.63, 3.8) is 0 Å². The van der Waals surface area contributed by atoms with E-state index >= 15 is 0 Å². The highest BCUT2D eigenvalue weighted by Gasteiger charge is 2.22. The summed E-state index contributed by atoms with van der Waals surface area (Å²) in [4.78, 5) is 0. The lowest BCUT2D eigenvalue weighted by Gasteiger charge is -2.15. The molecule has 1 aliphatic rings. The van der Waals surface area contributed by atoms with E-state index in [1.54, 1.807) is 0 Å². The fourth-order valence-corrected chi connectivity index (χ4v) is 2.03. The Bertz CT molecular complexity index is 114. The first-order valence-corrected chi connectivity index (χ1v) is 5.20. The second-order valence-electron chi connectivity index (χ2n) is 3.98. The summed E-state index contributed by atoms with van der Waals surface area (Å²) in [6.45, 7) is 5.81. The van der Waals surface area contributed by atoms with Crippen LogP contribution >= 0.6 is 0 Å². The summed E-state index contributed by atoms with van der Waals surface area (Å²) in [5, 5.41) is 6.64. The van der Waals surface area contributed by atoms with Crippen LogP contribution < -0.4 is 10.6 Å². The zero-order chi connectivity index (χ0) is 8.81. The molecule has 0 aliphatic heterocycles. The highest BCUT2D eigenvalue weighted by molar-refractivity contribution is 4.75. The fraction of sp³-hybridized carbons (Fsp3) is 1.00. The predicted octanol–water partition coefficient (Wildman–Crippen LogP) is 1.23. The lowest BCUT2D eigenvalue weighted by atomic mass is 9.98. The molecule has 2 atom stereocenters. The Labute approximate surface area is 76.1 Å². The van der Waals surface area contributed by atoms with Gasteiger partial charge < -0.3 is 10.6 Å². The smallest absolute Gasteiger partial charge is 0.00767 e. The third kappa shape index (κ3) is 3.11. The van der Waals surface area contributed by atoms with Crippen molar-refractivity contribution in [2.24, 2.45) is 11.8 Å². The zero-order valence-electron chi connectivity index (χ0n) is 8.40. The minimum atomic E-state index is 0.946. The van der Waals surface area contributed by atoms with Crippen molar-refractivity contribution in [2.45, 2.75) is 26.2 Å². The molecule has 2 heteroatoms. The number of hydrogen-bond donors (Lipinski definition) is 2. The SMILES string of the molecule is CNCCNCC1CCCC1C. The van der Waals surface area contributed by atoms with Crippen LogP contribution in [0.5, 0.6) is 0 Å². The molecule has 1 aliphatic carbocycles. The normalized spacial score (nSPS) is 29.5. The molecule has 1 saturated carbocycles. The highest BCUT2D eigenvalue weighted by Crippen LogP contribution is 2.30. The molecule has 1 fully saturated rings. The average molecular weight is 170 g/mol. The molecule has 0 spiro atoms. The van der Waals surface area contributed by atoms with E-state index < -0.39 is 0 Å². The van der Waals surface area contributed by atoms with Crippen molar-refractivity contribution >= 4 is 0 Å². The maximum Gasteiger partial charge on any atom is 0.00767 e. The minimum absolute atomic E-state index is 0.946. The van der Waals surface area contributed by atoms with Gasteiger partial charge in [-0.3, -0.25) is 0 Å². The molecule has 0 radical (unpaired) electrons. The lowest BCUT2D eigenvalue weighted by molar-refractivity contribution is 0.393. The quantitative estimate of drug-likeness (QED) is 0.606. The van der Waals surface area contributed by atoms with Gasteiger partial charge in [-0.2, -0.15) is 0 Å². The van der Waals surface area contributed by atoms with Gasteiger partial charge in [0.25, 0.3) is 0 Å². The first-order chi connectivity index (χ1) is 5.84. The molecule has 0 aromatic heterocycles. The number of likely N-dealkylation sites (N-methyl/N-ethyl adjacent to an activating group) is 1. The molecule has 0 aromatic rings.